The molecule has 0 aliphatic rings. The van der Waals surface area contributed by atoms with E-state index in [9.17, 15) is 18.0 Å². The Hall–Kier alpha value is -1.77. The maximum absolute atomic E-state index is 12.1. The van der Waals surface area contributed by atoms with Crippen LogP contribution in [0.15, 0.2) is 29.2 Å². The second-order valence-electron chi connectivity index (χ2n) is 5.87. The minimum Gasteiger partial charge on any atom is -0.454 e. The summed E-state index contributed by atoms with van der Waals surface area (Å²) in [6, 6.07) is 5.34. The monoisotopic (exact) mass is 343 g/mol. The Bertz CT molecular complexity index is 690. The van der Waals surface area contributed by atoms with Gasteiger partial charge in [-0.15, -0.1) is 0 Å². The molecule has 0 heterocycles. The average molecular weight is 343 g/mol. The van der Waals surface area contributed by atoms with E-state index in [0.29, 0.717) is 4.47 Å². The molecule has 0 bridgehead atoms. The average Bonchev–Trinajstić information content (AvgIpc) is 2.50. The van der Waals surface area contributed by atoms with E-state index in [0.717, 1.165) is 0 Å². The van der Waals surface area contributed by atoms with Crippen LogP contribution in [0.3, 0.4) is 0 Å². The molecule has 0 fully saturated rings. The summed E-state index contributed by atoms with van der Waals surface area (Å²) >= 11 is 0. The summed E-state index contributed by atoms with van der Waals surface area (Å²) < 4.78 is 29.9. The van der Waals surface area contributed by atoms with E-state index >= 15 is 0 Å². The van der Waals surface area contributed by atoms with Gasteiger partial charge in [0.15, 0.2) is 12.4 Å². The zero-order valence-electron chi connectivity index (χ0n) is 13.8. The SMILES string of the molecule is CON(C)S(=O)(=O)c1cccc(C(=O)OCC(=O)C(C)(C)C)c1. The van der Waals surface area contributed by atoms with Gasteiger partial charge < -0.3 is 4.74 Å². The molecule has 1 aromatic carbocycles. The van der Waals surface area contributed by atoms with Crippen LogP contribution in [0, 0.1) is 5.41 Å². The Morgan fingerprint density at radius 1 is 1.22 bits per heavy atom. The number of benzene rings is 1. The first-order chi connectivity index (χ1) is 10.5. The number of hydroxylamine groups is 1. The number of Topliss-reactive ketones (excluding diaryl/α,β-unsaturated/α-hetero) is 1. The number of ether oxygens (including phenoxy) is 1. The van der Waals surface area contributed by atoms with Crippen molar-refractivity contribution in [3.05, 3.63) is 29.8 Å². The van der Waals surface area contributed by atoms with E-state index in [2.05, 4.69) is 4.84 Å². The van der Waals surface area contributed by atoms with Crippen molar-refractivity contribution in [3.8, 4) is 0 Å². The fourth-order valence-electron chi connectivity index (χ4n) is 1.46. The summed E-state index contributed by atoms with van der Waals surface area (Å²) in [7, 11) is -1.41. The Labute approximate surface area is 136 Å². The van der Waals surface area contributed by atoms with Crippen LogP contribution in [0.2, 0.25) is 0 Å². The molecule has 0 saturated heterocycles. The van der Waals surface area contributed by atoms with Crippen LogP contribution in [0.1, 0.15) is 31.1 Å². The van der Waals surface area contributed by atoms with Crippen molar-refractivity contribution in [2.24, 2.45) is 5.41 Å². The Kier molecular flexibility index (Phi) is 6.04. The number of carbonyl (C=O) groups excluding carboxylic acids is 2. The van der Waals surface area contributed by atoms with Crippen LogP contribution in [0.5, 0.6) is 0 Å². The number of hydrogen-bond donors (Lipinski definition) is 0. The molecule has 0 atom stereocenters. The van der Waals surface area contributed by atoms with Gasteiger partial charge >= 0.3 is 5.97 Å². The van der Waals surface area contributed by atoms with Crippen LogP contribution in [-0.4, -0.2) is 45.4 Å². The molecule has 1 aromatic rings. The molecule has 0 spiro atoms. The Balaban J connectivity index is 2.93. The number of ketones is 1. The van der Waals surface area contributed by atoms with Gasteiger partial charge in [-0.05, 0) is 18.2 Å². The first kappa shape index (κ1) is 19.3. The second-order valence-corrected chi connectivity index (χ2v) is 7.81. The number of rotatable bonds is 6. The Morgan fingerprint density at radius 2 is 1.83 bits per heavy atom. The number of sulfonamides is 1. The summed E-state index contributed by atoms with van der Waals surface area (Å²) in [6.07, 6.45) is 0. The fraction of sp³-hybridized carbons (Fsp3) is 0.467. The summed E-state index contributed by atoms with van der Waals surface area (Å²) in [5, 5.41) is 0. The zero-order chi connectivity index (χ0) is 17.8. The van der Waals surface area contributed by atoms with E-state index in [4.69, 9.17) is 4.74 Å². The predicted octanol–water partition coefficient (Wildman–Crippen LogP) is 1.64. The van der Waals surface area contributed by atoms with Crippen molar-refractivity contribution in [2.45, 2.75) is 25.7 Å². The van der Waals surface area contributed by atoms with E-state index in [-0.39, 0.29) is 22.8 Å². The first-order valence-corrected chi connectivity index (χ1v) is 8.27. The largest absolute Gasteiger partial charge is 0.454 e. The molecule has 0 aliphatic carbocycles. The van der Waals surface area contributed by atoms with Crippen molar-refractivity contribution < 1.29 is 27.6 Å². The smallest absolute Gasteiger partial charge is 0.338 e. The highest BCUT2D eigenvalue weighted by Gasteiger charge is 2.24. The van der Waals surface area contributed by atoms with Crippen LogP contribution in [0.4, 0.5) is 0 Å². The maximum atomic E-state index is 12.1. The summed E-state index contributed by atoms with van der Waals surface area (Å²) in [5.41, 5.74) is -0.579. The van der Waals surface area contributed by atoms with Crippen molar-refractivity contribution in [3.63, 3.8) is 0 Å². The normalized spacial score (nSPS) is 12.3. The van der Waals surface area contributed by atoms with Crippen molar-refractivity contribution in [1.82, 2.24) is 4.47 Å². The standard InChI is InChI=1S/C15H21NO6S/c1-15(2,3)13(17)10-22-14(18)11-7-6-8-12(9-11)23(19,20)16(4)21-5/h6-9H,10H2,1-5H3. The fourth-order valence-corrected chi connectivity index (χ4v) is 2.48. The van der Waals surface area contributed by atoms with Crippen LogP contribution in [-0.2, 0) is 24.4 Å². The van der Waals surface area contributed by atoms with E-state index < -0.39 is 21.4 Å². The first-order valence-electron chi connectivity index (χ1n) is 6.83. The van der Waals surface area contributed by atoms with Gasteiger partial charge in [0, 0.05) is 12.5 Å². The van der Waals surface area contributed by atoms with Crippen molar-refractivity contribution >= 4 is 21.8 Å². The molecule has 0 unspecified atom stereocenters. The lowest BCUT2D eigenvalue weighted by molar-refractivity contribution is -0.129. The van der Waals surface area contributed by atoms with E-state index in [1.807, 2.05) is 0 Å². The molecule has 0 radical (unpaired) electrons. The van der Waals surface area contributed by atoms with Gasteiger partial charge in [0.05, 0.1) is 17.6 Å². The lowest BCUT2D eigenvalue weighted by atomic mass is 9.91. The van der Waals surface area contributed by atoms with E-state index in [1.165, 1.54) is 38.4 Å². The minimum absolute atomic E-state index is 0.0392. The van der Waals surface area contributed by atoms with Gasteiger partial charge in [-0.3, -0.25) is 9.63 Å². The van der Waals surface area contributed by atoms with E-state index in [1.54, 1.807) is 20.8 Å². The molecule has 0 N–H and O–H groups in total. The molecule has 0 aromatic heterocycles. The lowest BCUT2D eigenvalue weighted by Gasteiger charge is -2.16. The third kappa shape index (κ3) is 4.85. The van der Waals surface area contributed by atoms with Gasteiger partial charge in [0.1, 0.15) is 0 Å². The molecule has 8 heteroatoms. The number of carbonyl (C=O) groups is 2. The zero-order valence-corrected chi connectivity index (χ0v) is 14.6. The van der Waals surface area contributed by atoms with Gasteiger partial charge in [0.25, 0.3) is 10.0 Å². The maximum Gasteiger partial charge on any atom is 0.338 e. The van der Waals surface area contributed by atoms with Gasteiger partial charge in [0.2, 0.25) is 0 Å². The number of nitrogens with zero attached hydrogens (tertiary/aromatic N) is 1. The van der Waals surface area contributed by atoms with Gasteiger partial charge in [-0.2, -0.15) is 0 Å². The topological polar surface area (TPSA) is 90.0 Å². The molecule has 0 aliphatic heterocycles. The molecule has 23 heavy (non-hydrogen) atoms. The van der Waals surface area contributed by atoms with Crippen LogP contribution < -0.4 is 0 Å². The summed E-state index contributed by atoms with van der Waals surface area (Å²) in [6.45, 7) is 4.79. The third-order valence-electron chi connectivity index (χ3n) is 3.13. The summed E-state index contributed by atoms with van der Waals surface area (Å²) in [4.78, 5) is 28.3. The highest BCUT2D eigenvalue weighted by Crippen LogP contribution is 2.18. The van der Waals surface area contributed by atoms with Crippen molar-refractivity contribution in [2.75, 3.05) is 20.8 Å². The molecular formula is C15H21NO6S. The molecule has 128 valence electrons. The summed E-state index contributed by atoms with van der Waals surface area (Å²) in [5.74, 6) is -0.992. The second kappa shape index (κ2) is 7.20. The van der Waals surface area contributed by atoms with Crippen LogP contribution in [0.25, 0.3) is 0 Å². The quantitative estimate of drug-likeness (QED) is 0.576. The minimum atomic E-state index is -3.86. The van der Waals surface area contributed by atoms with Gasteiger partial charge in [-0.25, -0.2) is 13.2 Å². The van der Waals surface area contributed by atoms with Gasteiger partial charge in [-0.1, -0.05) is 31.3 Å². The lowest BCUT2D eigenvalue weighted by Crippen LogP contribution is -2.27. The molecule has 1 rings (SSSR count). The molecule has 0 saturated carbocycles. The third-order valence-corrected chi connectivity index (χ3v) is 4.81. The number of hydrogen-bond acceptors (Lipinski definition) is 6. The highest BCUT2D eigenvalue weighted by atomic mass is 32.2. The molecular weight excluding hydrogens is 322 g/mol. The predicted molar refractivity (Wildman–Crippen MR) is 83.1 cm³/mol. The highest BCUT2D eigenvalue weighted by molar-refractivity contribution is 7.89. The Morgan fingerprint density at radius 3 is 2.35 bits per heavy atom. The molecule has 7 nitrogen and oxygen atoms in total. The number of esters is 1. The van der Waals surface area contributed by atoms with Crippen LogP contribution >= 0.6 is 0 Å². The molecule has 0 amide bonds. The van der Waals surface area contributed by atoms with Crippen molar-refractivity contribution in [1.29, 1.82) is 0 Å².